The first-order valence-electron chi connectivity index (χ1n) is 10.6. The van der Waals surface area contributed by atoms with E-state index >= 15 is 0 Å². The zero-order valence-corrected chi connectivity index (χ0v) is 20.4. The van der Waals surface area contributed by atoms with Gasteiger partial charge >= 0.3 is 4.87 Å². The lowest BCUT2D eigenvalue weighted by Crippen LogP contribution is -2.36. The molecular weight excluding hydrogens is 456 g/mol. The summed E-state index contributed by atoms with van der Waals surface area (Å²) >= 11 is 1.05. The lowest BCUT2D eigenvalue weighted by molar-refractivity contribution is 0.287. The van der Waals surface area contributed by atoms with Crippen molar-refractivity contribution in [3.05, 3.63) is 93.1 Å². The minimum absolute atomic E-state index is 0.119. The number of fused-ring (bicyclic) bond motifs is 1. The Morgan fingerprint density at radius 1 is 1.00 bits per heavy atom. The summed E-state index contributed by atoms with van der Waals surface area (Å²) in [5.41, 5.74) is 4.02. The monoisotopic (exact) mass is 482 g/mol. The Balaban J connectivity index is 1.49. The van der Waals surface area contributed by atoms with Crippen LogP contribution in [0.4, 0.5) is 0 Å². The molecule has 1 N–H and O–H groups in total. The van der Waals surface area contributed by atoms with Crippen molar-refractivity contribution in [2.24, 2.45) is 0 Å². The molecule has 4 rings (SSSR count). The molecule has 0 saturated heterocycles. The summed E-state index contributed by atoms with van der Waals surface area (Å²) in [6.07, 6.45) is 0. The molecule has 1 heterocycles. The minimum atomic E-state index is -3.77. The highest BCUT2D eigenvalue weighted by atomic mass is 32.2. The van der Waals surface area contributed by atoms with E-state index in [0.717, 1.165) is 28.0 Å². The molecule has 33 heavy (non-hydrogen) atoms. The van der Waals surface area contributed by atoms with Crippen molar-refractivity contribution in [2.45, 2.75) is 38.3 Å². The predicted molar refractivity (Wildman–Crippen MR) is 133 cm³/mol. The van der Waals surface area contributed by atoms with Crippen LogP contribution in [0, 0.1) is 13.8 Å². The third kappa shape index (κ3) is 5.35. The number of nitrogens with one attached hydrogen (secondary N) is 1. The highest BCUT2D eigenvalue weighted by Crippen LogP contribution is 2.23. The zero-order chi connectivity index (χ0) is 23.6. The van der Waals surface area contributed by atoms with E-state index in [2.05, 4.69) is 4.72 Å². The van der Waals surface area contributed by atoms with Gasteiger partial charge in [0.2, 0.25) is 10.0 Å². The Morgan fingerprint density at radius 3 is 2.48 bits per heavy atom. The number of aryl methyl sites for hydroxylation is 2. The van der Waals surface area contributed by atoms with E-state index in [0.29, 0.717) is 17.0 Å². The third-order valence-corrected chi connectivity index (χ3v) is 8.00. The smallest absolute Gasteiger partial charge is 0.308 e. The molecule has 4 aromatic rings. The number of benzene rings is 3. The van der Waals surface area contributed by atoms with Gasteiger partial charge in [0.1, 0.15) is 12.4 Å². The number of sulfonamides is 1. The highest BCUT2D eigenvalue weighted by Gasteiger charge is 2.20. The average Bonchev–Trinajstić information content (AvgIpc) is 3.09. The molecule has 0 aliphatic rings. The molecule has 3 aromatic carbocycles. The maximum absolute atomic E-state index is 12.9. The molecule has 0 aliphatic heterocycles. The van der Waals surface area contributed by atoms with E-state index in [4.69, 9.17) is 4.74 Å². The van der Waals surface area contributed by atoms with Gasteiger partial charge in [-0.3, -0.25) is 9.36 Å². The fourth-order valence-electron chi connectivity index (χ4n) is 3.52. The van der Waals surface area contributed by atoms with Crippen LogP contribution in [0.25, 0.3) is 10.2 Å². The molecule has 1 atom stereocenters. The zero-order valence-electron chi connectivity index (χ0n) is 18.7. The van der Waals surface area contributed by atoms with Crippen LogP contribution in [0.3, 0.4) is 0 Å². The van der Waals surface area contributed by atoms with Crippen LogP contribution < -0.4 is 14.3 Å². The van der Waals surface area contributed by atoms with Crippen LogP contribution in [0.5, 0.6) is 5.75 Å². The van der Waals surface area contributed by atoms with Gasteiger partial charge in [0, 0.05) is 0 Å². The van der Waals surface area contributed by atoms with Crippen molar-refractivity contribution < 1.29 is 13.2 Å². The van der Waals surface area contributed by atoms with Gasteiger partial charge < -0.3 is 4.74 Å². The fourth-order valence-corrected chi connectivity index (χ4v) is 5.78. The second-order valence-corrected chi connectivity index (χ2v) is 10.9. The van der Waals surface area contributed by atoms with Crippen molar-refractivity contribution in [3.8, 4) is 5.75 Å². The predicted octanol–water partition coefficient (Wildman–Crippen LogP) is 4.47. The first-order chi connectivity index (χ1) is 15.7. The second-order valence-electron chi connectivity index (χ2n) is 8.15. The van der Waals surface area contributed by atoms with Crippen LogP contribution in [0.1, 0.15) is 23.6 Å². The van der Waals surface area contributed by atoms with Crippen LogP contribution in [0.15, 0.2) is 76.4 Å². The summed E-state index contributed by atoms with van der Waals surface area (Å²) in [6.45, 7) is 6.43. The molecule has 0 bridgehead atoms. The normalized spacial score (nSPS) is 12.7. The fraction of sp³-hybridized carbons (Fsp3) is 0.240. The molecule has 0 radical (unpaired) electrons. The molecule has 0 fully saturated rings. The van der Waals surface area contributed by atoms with Gasteiger partial charge in [-0.05, 0) is 67.8 Å². The molecule has 172 valence electrons. The van der Waals surface area contributed by atoms with Crippen molar-refractivity contribution in [1.29, 1.82) is 0 Å². The first kappa shape index (κ1) is 23.2. The Labute approximate surface area is 197 Å². The van der Waals surface area contributed by atoms with Crippen molar-refractivity contribution in [1.82, 2.24) is 9.29 Å². The number of aromatic nitrogens is 1. The van der Waals surface area contributed by atoms with Gasteiger partial charge in [0.25, 0.3) is 0 Å². The second kappa shape index (κ2) is 9.51. The molecule has 0 unspecified atom stereocenters. The molecule has 0 saturated carbocycles. The van der Waals surface area contributed by atoms with Gasteiger partial charge in [-0.1, -0.05) is 47.7 Å². The summed E-state index contributed by atoms with van der Waals surface area (Å²) in [5, 5.41) is 0. The number of hydrogen-bond acceptors (Lipinski definition) is 5. The summed E-state index contributed by atoms with van der Waals surface area (Å²) < 4.78 is 36.6. The molecular formula is C25H26N2O4S2. The molecule has 0 amide bonds. The Kier molecular flexibility index (Phi) is 6.69. The topological polar surface area (TPSA) is 77.4 Å². The Hall–Kier alpha value is -2.94. The summed E-state index contributed by atoms with van der Waals surface area (Å²) in [4.78, 5) is 12.6. The number of rotatable bonds is 8. The van der Waals surface area contributed by atoms with E-state index in [1.807, 2.05) is 62.4 Å². The van der Waals surface area contributed by atoms with Gasteiger partial charge in [-0.2, -0.15) is 0 Å². The SMILES string of the molecule is Cc1ccc(OC[C@H](C)NS(=O)(=O)c2ccc3c(c2)sc(=O)n3Cc2ccccc2)cc1C. The van der Waals surface area contributed by atoms with Gasteiger partial charge in [-0.25, -0.2) is 13.1 Å². The maximum Gasteiger partial charge on any atom is 0.308 e. The average molecular weight is 483 g/mol. The lowest BCUT2D eigenvalue weighted by atomic mass is 10.1. The van der Waals surface area contributed by atoms with Crippen LogP contribution in [-0.4, -0.2) is 25.6 Å². The number of hydrogen-bond donors (Lipinski definition) is 1. The van der Waals surface area contributed by atoms with Crippen molar-refractivity contribution in [3.63, 3.8) is 0 Å². The molecule has 0 aliphatic carbocycles. The Bertz CT molecular complexity index is 1440. The third-order valence-electron chi connectivity index (χ3n) is 5.47. The largest absolute Gasteiger partial charge is 0.492 e. The number of ether oxygens (including phenoxy) is 1. The summed E-state index contributed by atoms with van der Waals surface area (Å²) in [7, 11) is -3.77. The standard InChI is InChI=1S/C25H26N2O4S2/c1-17-9-10-21(13-18(17)2)31-16-19(3)26-33(29,30)22-11-12-23-24(14-22)32-25(28)27(23)15-20-7-5-4-6-8-20/h4-14,19,26H,15-16H2,1-3H3/t19-/m0/s1. The van der Waals surface area contributed by atoms with E-state index in [1.54, 1.807) is 23.6 Å². The van der Waals surface area contributed by atoms with E-state index in [1.165, 1.54) is 11.6 Å². The van der Waals surface area contributed by atoms with E-state index in [9.17, 15) is 13.2 Å². The Morgan fingerprint density at radius 2 is 1.76 bits per heavy atom. The number of thiazole rings is 1. The van der Waals surface area contributed by atoms with Crippen LogP contribution in [0.2, 0.25) is 0 Å². The molecule has 0 spiro atoms. The van der Waals surface area contributed by atoms with Gasteiger partial charge in [0.15, 0.2) is 0 Å². The summed E-state index contributed by atoms with van der Waals surface area (Å²) in [5.74, 6) is 0.704. The number of nitrogens with zero attached hydrogens (tertiary/aromatic N) is 1. The van der Waals surface area contributed by atoms with Gasteiger partial charge in [0.05, 0.1) is 27.7 Å². The van der Waals surface area contributed by atoms with Crippen LogP contribution in [-0.2, 0) is 16.6 Å². The minimum Gasteiger partial charge on any atom is -0.492 e. The molecule has 6 nitrogen and oxygen atoms in total. The quantitative estimate of drug-likeness (QED) is 0.402. The van der Waals surface area contributed by atoms with Crippen LogP contribution >= 0.6 is 11.3 Å². The van der Waals surface area contributed by atoms with E-state index in [-0.39, 0.29) is 16.4 Å². The first-order valence-corrected chi connectivity index (χ1v) is 12.9. The van der Waals surface area contributed by atoms with Gasteiger partial charge in [-0.15, -0.1) is 0 Å². The van der Waals surface area contributed by atoms with Crippen molar-refractivity contribution >= 4 is 31.6 Å². The molecule has 1 aromatic heterocycles. The van der Waals surface area contributed by atoms with E-state index < -0.39 is 16.1 Å². The lowest BCUT2D eigenvalue weighted by Gasteiger charge is -2.16. The van der Waals surface area contributed by atoms with Crippen molar-refractivity contribution in [2.75, 3.05) is 6.61 Å². The summed E-state index contributed by atoms with van der Waals surface area (Å²) in [6, 6.07) is 19.8. The molecule has 8 heteroatoms. The maximum atomic E-state index is 12.9. The highest BCUT2D eigenvalue weighted by molar-refractivity contribution is 7.89.